The van der Waals surface area contributed by atoms with E-state index in [0.29, 0.717) is 0 Å². The number of β-lactam (4-membered cyclic amide) rings is 1. The van der Waals surface area contributed by atoms with Gasteiger partial charge in [0, 0.05) is 11.3 Å². The zero-order valence-electron chi connectivity index (χ0n) is 17.1. The molecular formula is C16H18N4O12S2. The molecule has 1 fully saturated rings. The smallest absolute Gasteiger partial charge is 0.404 e. The van der Waals surface area contributed by atoms with Crippen LogP contribution in [0.25, 0.3) is 0 Å². The van der Waals surface area contributed by atoms with E-state index in [2.05, 4.69) is 20.0 Å². The Kier molecular flexibility index (Phi) is 8.62. The minimum Gasteiger partial charge on any atom is -0.477 e. The van der Waals surface area contributed by atoms with Gasteiger partial charge in [0.25, 0.3) is 11.8 Å². The molecule has 3 rings (SSSR count). The number of carboxylic acid groups (broad SMARTS) is 1. The van der Waals surface area contributed by atoms with Crippen LogP contribution in [0.1, 0.15) is 5.76 Å². The molecule has 0 unspecified atom stereocenters. The van der Waals surface area contributed by atoms with Crippen LogP contribution in [0.4, 0.5) is 4.79 Å². The monoisotopic (exact) mass is 522 g/mol. The molecule has 2 atom stereocenters. The lowest BCUT2D eigenvalue weighted by atomic mass is 10.0. The molecule has 2 aliphatic heterocycles. The van der Waals surface area contributed by atoms with Crippen molar-refractivity contribution in [3.8, 4) is 0 Å². The second kappa shape index (κ2) is 11.0. The number of oxime groups is 1. The average molecular weight is 522 g/mol. The van der Waals surface area contributed by atoms with E-state index in [1.54, 1.807) is 6.07 Å². The van der Waals surface area contributed by atoms with Gasteiger partial charge in [0.2, 0.25) is 5.71 Å². The van der Waals surface area contributed by atoms with Crippen molar-refractivity contribution >= 4 is 51.7 Å². The fraction of sp³-hybridized carbons (Fsp3) is 0.312. The van der Waals surface area contributed by atoms with Gasteiger partial charge in [-0.15, -0.1) is 11.8 Å². The minimum absolute atomic E-state index is 0.140. The number of hydrogen-bond donors (Lipinski definition) is 5. The number of nitrogens with one attached hydrogen (secondary N) is 1. The number of ether oxygens (including phenoxy) is 1. The first-order chi connectivity index (χ1) is 15.8. The zero-order valence-corrected chi connectivity index (χ0v) is 18.7. The topological polar surface area (TPSA) is 248 Å². The van der Waals surface area contributed by atoms with Gasteiger partial charge in [0.15, 0.2) is 5.76 Å². The Bertz CT molecular complexity index is 1120. The molecule has 6 N–H and O–H groups in total. The number of thioether (sulfide) groups is 1. The number of rotatable bonds is 7. The third-order valence-electron chi connectivity index (χ3n) is 4.08. The SMILES string of the molecule is CO/N=C(/C(=O)N[C@@H]1C(=O)N2C(C(=O)O)=C(COC(N)=O)CS[C@H]12)c1ccco1.O=S(=O)(O)O. The highest BCUT2D eigenvalue weighted by atomic mass is 32.3. The Morgan fingerprint density at radius 3 is 2.53 bits per heavy atom. The average Bonchev–Trinajstić information content (AvgIpc) is 3.26. The van der Waals surface area contributed by atoms with Crippen LogP contribution in [0.2, 0.25) is 0 Å². The summed E-state index contributed by atoms with van der Waals surface area (Å²) in [6.45, 7) is -0.347. The summed E-state index contributed by atoms with van der Waals surface area (Å²) in [5.41, 5.74) is 4.68. The predicted octanol–water partition coefficient (Wildman–Crippen LogP) is -1.19. The molecule has 1 saturated heterocycles. The number of fused-ring (bicyclic) bond motifs is 1. The third kappa shape index (κ3) is 6.70. The van der Waals surface area contributed by atoms with Gasteiger partial charge in [0.05, 0.1) is 6.26 Å². The number of carboxylic acids is 1. The number of nitrogens with two attached hydrogens (primary N) is 1. The number of furan rings is 1. The predicted molar refractivity (Wildman–Crippen MR) is 112 cm³/mol. The molecule has 186 valence electrons. The minimum atomic E-state index is -4.67. The molecule has 0 spiro atoms. The molecule has 3 heterocycles. The van der Waals surface area contributed by atoms with Crippen molar-refractivity contribution in [2.24, 2.45) is 10.9 Å². The summed E-state index contributed by atoms with van der Waals surface area (Å²) in [4.78, 5) is 53.3. The van der Waals surface area contributed by atoms with Gasteiger partial charge in [-0.1, -0.05) is 5.16 Å². The first kappa shape index (κ1) is 26.6. The van der Waals surface area contributed by atoms with Gasteiger partial charge in [-0.25, -0.2) is 9.59 Å². The van der Waals surface area contributed by atoms with Crippen molar-refractivity contribution in [2.75, 3.05) is 19.5 Å². The molecule has 0 saturated carbocycles. The molecule has 1 aromatic heterocycles. The highest BCUT2D eigenvalue weighted by Crippen LogP contribution is 2.40. The van der Waals surface area contributed by atoms with Crippen molar-refractivity contribution in [2.45, 2.75) is 11.4 Å². The van der Waals surface area contributed by atoms with E-state index in [9.17, 15) is 24.3 Å². The Hall–Kier alpha value is -3.61. The summed E-state index contributed by atoms with van der Waals surface area (Å²) in [5, 5.41) is 15.0. The summed E-state index contributed by atoms with van der Waals surface area (Å²) in [6, 6.07) is 2.08. The highest BCUT2D eigenvalue weighted by Gasteiger charge is 2.54. The van der Waals surface area contributed by atoms with E-state index < -0.39 is 45.7 Å². The van der Waals surface area contributed by atoms with Crippen LogP contribution in [-0.4, -0.2) is 88.0 Å². The maximum absolute atomic E-state index is 12.6. The summed E-state index contributed by atoms with van der Waals surface area (Å²) >= 11 is 1.21. The normalized spacial score (nSPS) is 19.8. The Labute approximate surface area is 195 Å². The number of primary amides is 1. The van der Waals surface area contributed by atoms with Gasteiger partial charge in [-0.05, 0) is 12.1 Å². The lowest BCUT2D eigenvalue weighted by molar-refractivity contribution is -0.150. The van der Waals surface area contributed by atoms with Gasteiger partial charge in [-0.3, -0.25) is 23.6 Å². The van der Waals surface area contributed by atoms with Gasteiger partial charge in [0.1, 0.15) is 30.8 Å². The Morgan fingerprint density at radius 1 is 1.38 bits per heavy atom. The highest BCUT2D eigenvalue weighted by molar-refractivity contribution is 8.00. The van der Waals surface area contributed by atoms with Crippen molar-refractivity contribution in [1.29, 1.82) is 0 Å². The molecule has 34 heavy (non-hydrogen) atoms. The van der Waals surface area contributed by atoms with E-state index in [1.165, 1.54) is 31.2 Å². The fourth-order valence-corrected chi connectivity index (χ4v) is 4.19. The van der Waals surface area contributed by atoms with Crippen LogP contribution in [0.15, 0.2) is 39.2 Å². The molecule has 0 radical (unpaired) electrons. The molecule has 3 amide bonds. The maximum atomic E-state index is 12.6. The van der Waals surface area contributed by atoms with Gasteiger partial charge < -0.3 is 30.1 Å². The standard InChI is InChI=1S/C16H16N4O8S.H2O4S/c1-26-19-9(8-3-2-4-27-8)12(21)18-10-13(22)20-11(15(23)24)7(5-28-16(17)25)6-29-14(10)20;1-5(2,3)4/h2-4,10,14H,5-6H2,1H3,(H2,17,25)(H,18,21)(H,23,24);(H2,1,2,3,4)/b19-9+;/t10-,14-;/m1./s1. The first-order valence-electron chi connectivity index (χ1n) is 8.83. The van der Waals surface area contributed by atoms with E-state index in [-0.39, 0.29) is 35.1 Å². The molecule has 18 heteroatoms. The molecule has 1 aromatic rings. The van der Waals surface area contributed by atoms with Gasteiger partial charge >= 0.3 is 22.5 Å². The quantitative estimate of drug-likeness (QED) is 0.122. The second-order valence-electron chi connectivity index (χ2n) is 6.27. The van der Waals surface area contributed by atoms with Crippen LogP contribution in [0, 0.1) is 0 Å². The number of carbonyl (C=O) groups is 4. The number of hydrogen-bond acceptors (Lipinski definition) is 11. The third-order valence-corrected chi connectivity index (χ3v) is 5.42. The van der Waals surface area contributed by atoms with Crippen LogP contribution in [-0.2, 0) is 34.4 Å². The summed E-state index contributed by atoms with van der Waals surface area (Å²) < 4.78 is 41.4. The molecule has 0 aromatic carbocycles. The Balaban J connectivity index is 0.000000739. The van der Waals surface area contributed by atoms with Crippen molar-refractivity contribution < 1.29 is 55.8 Å². The van der Waals surface area contributed by atoms with Crippen LogP contribution in [0.3, 0.4) is 0 Å². The van der Waals surface area contributed by atoms with E-state index in [0.717, 1.165) is 4.90 Å². The summed E-state index contributed by atoms with van der Waals surface area (Å²) in [7, 11) is -3.41. The molecule has 2 aliphatic rings. The largest absolute Gasteiger partial charge is 0.477 e. The zero-order chi connectivity index (χ0) is 25.6. The Morgan fingerprint density at radius 2 is 2.03 bits per heavy atom. The van der Waals surface area contributed by atoms with Crippen molar-refractivity contribution in [1.82, 2.24) is 10.2 Å². The summed E-state index contributed by atoms with van der Waals surface area (Å²) in [6.07, 6.45) is 0.290. The van der Waals surface area contributed by atoms with E-state index >= 15 is 0 Å². The fourth-order valence-electron chi connectivity index (χ4n) is 2.87. The molecular weight excluding hydrogens is 504 g/mol. The van der Waals surface area contributed by atoms with E-state index in [1.807, 2.05) is 0 Å². The molecule has 0 aliphatic carbocycles. The lowest BCUT2D eigenvalue weighted by Crippen LogP contribution is -2.71. The molecule has 0 bridgehead atoms. The maximum Gasteiger partial charge on any atom is 0.404 e. The number of aliphatic carboxylic acids is 1. The van der Waals surface area contributed by atoms with Crippen molar-refractivity contribution in [3.63, 3.8) is 0 Å². The number of nitrogens with zero attached hydrogens (tertiary/aromatic N) is 2. The first-order valence-corrected chi connectivity index (χ1v) is 11.3. The van der Waals surface area contributed by atoms with Crippen LogP contribution < -0.4 is 11.1 Å². The van der Waals surface area contributed by atoms with Crippen LogP contribution in [0.5, 0.6) is 0 Å². The number of amides is 3. The lowest BCUT2D eigenvalue weighted by Gasteiger charge is -2.49. The number of carbonyl (C=O) groups excluding carboxylic acids is 3. The summed E-state index contributed by atoms with van der Waals surface area (Å²) in [5.74, 6) is -2.38. The second-order valence-corrected chi connectivity index (χ2v) is 8.27. The molecule has 16 nitrogen and oxygen atoms in total. The van der Waals surface area contributed by atoms with Crippen molar-refractivity contribution in [3.05, 3.63) is 35.4 Å². The van der Waals surface area contributed by atoms with Crippen LogP contribution >= 0.6 is 11.8 Å². The van der Waals surface area contributed by atoms with Gasteiger partial charge in [-0.2, -0.15) is 8.42 Å². The van der Waals surface area contributed by atoms with E-state index in [4.69, 9.17) is 27.7 Å².